The predicted octanol–water partition coefficient (Wildman–Crippen LogP) is 0.787. The second-order valence-corrected chi connectivity index (χ2v) is 6.14. The van der Waals surface area contributed by atoms with Crippen molar-refractivity contribution < 1.29 is 4.79 Å². The van der Waals surface area contributed by atoms with Crippen molar-refractivity contribution in [2.24, 2.45) is 11.5 Å². The zero-order valence-electron chi connectivity index (χ0n) is 12.4. The number of nitrogens with two attached hydrogens (primary N) is 2. The Labute approximate surface area is 125 Å². The summed E-state index contributed by atoms with van der Waals surface area (Å²) < 4.78 is 0. The molecular formula is C16H24N4O. The largest absolute Gasteiger partial charge is 0.369 e. The number of hydrogen-bond donors (Lipinski definition) is 2. The van der Waals surface area contributed by atoms with Gasteiger partial charge < -0.3 is 16.4 Å². The van der Waals surface area contributed by atoms with Gasteiger partial charge in [-0.15, -0.1) is 0 Å². The Kier molecular flexibility index (Phi) is 4.12. The van der Waals surface area contributed by atoms with E-state index in [0.29, 0.717) is 17.6 Å². The Morgan fingerprint density at radius 1 is 1.10 bits per heavy atom. The van der Waals surface area contributed by atoms with Gasteiger partial charge in [0.05, 0.1) is 5.56 Å². The van der Waals surface area contributed by atoms with Gasteiger partial charge >= 0.3 is 0 Å². The van der Waals surface area contributed by atoms with Gasteiger partial charge in [-0.2, -0.15) is 0 Å². The summed E-state index contributed by atoms with van der Waals surface area (Å²) in [5, 5.41) is 0. The van der Waals surface area contributed by atoms with Crippen molar-refractivity contribution >= 4 is 11.6 Å². The van der Waals surface area contributed by atoms with Crippen molar-refractivity contribution in [3.63, 3.8) is 0 Å². The first-order valence-corrected chi connectivity index (χ1v) is 7.78. The zero-order chi connectivity index (χ0) is 14.8. The monoisotopic (exact) mass is 288 g/mol. The van der Waals surface area contributed by atoms with Crippen LogP contribution in [0.3, 0.4) is 0 Å². The van der Waals surface area contributed by atoms with Crippen LogP contribution >= 0.6 is 0 Å². The van der Waals surface area contributed by atoms with Crippen LogP contribution in [0.2, 0.25) is 0 Å². The molecule has 2 aliphatic heterocycles. The standard InChI is InChI=1S/C16H24N4O/c17-12-5-8-19(9-6-12)13-7-10-20(11-13)15-4-2-1-3-14(15)16(18)21/h1-4,12-13H,5-11,17H2,(H2,18,21). The molecule has 21 heavy (non-hydrogen) atoms. The van der Waals surface area contributed by atoms with Crippen LogP contribution in [0, 0.1) is 0 Å². The number of likely N-dealkylation sites (tertiary alicyclic amines) is 1. The molecule has 1 amide bonds. The van der Waals surface area contributed by atoms with E-state index in [1.165, 1.54) is 0 Å². The minimum absolute atomic E-state index is 0.349. The molecule has 0 bridgehead atoms. The Bertz CT molecular complexity index is 511. The summed E-state index contributed by atoms with van der Waals surface area (Å²) in [4.78, 5) is 16.4. The predicted molar refractivity (Wildman–Crippen MR) is 84.4 cm³/mol. The quantitative estimate of drug-likeness (QED) is 0.862. The minimum atomic E-state index is -0.349. The van der Waals surface area contributed by atoms with Crippen molar-refractivity contribution in [2.45, 2.75) is 31.3 Å². The number of rotatable bonds is 3. The molecule has 4 N–H and O–H groups in total. The van der Waals surface area contributed by atoms with Gasteiger partial charge in [0.15, 0.2) is 0 Å². The lowest BCUT2D eigenvalue weighted by atomic mass is 10.0. The van der Waals surface area contributed by atoms with E-state index in [1.54, 1.807) is 0 Å². The van der Waals surface area contributed by atoms with E-state index >= 15 is 0 Å². The van der Waals surface area contributed by atoms with E-state index < -0.39 is 0 Å². The maximum atomic E-state index is 11.6. The second-order valence-electron chi connectivity index (χ2n) is 6.14. The highest BCUT2D eigenvalue weighted by atomic mass is 16.1. The number of amides is 1. The third-order valence-corrected chi connectivity index (χ3v) is 4.76. The van der Waals surface area contributed by atoms with E-state index in [9.17, 15) is 4.79 Å². The number of primary amides is 1. The molecule has 2 heterocycles. The SMILES string of the molecule is NC(=O)c1ccccc1N1CCC(N2CCC(N)CC2)C1. The van der Waals surface area contributed by atoms with Gasteiger partial charge in [0.25, 0.3) is 5.91 Å². The lowest BCUT2D eigenvalue weighted by Crippen LogP contribution is -2.46. The number of carbonyl (C=O) groups is 1. The fourth-order valence-corrected chi connectivity index (χ4v) is 3.50. The first-order chi connectivity index (χ1) is 10.1. The molecule has 114 valence electrons. The molecule has 0 aromatic heterocycles. The highest BCUT2D eigenvalue weighted by molar-refractivity contribution is 5.98. The minimum Gasteiger partial charge on any atom is -0.369 e. The van der Waals surface area contributed by atoms with E-state index in [-0.39, 0.29) is 5.91 Å². The molecule has 5 nitrogen and oxygen atoms in total. The third-order valence-electron chi connectivity index (χ3n) is 4.76. The topological polar surface area (TPSA) is 75.6 Å². The molecule has 1 aromatic rings. The molecule has 1 aromatic carbocycles. The van der Waals surface area contributed by atoms with Gasteiger partial charge in [-0.1, -0.05) is 12.1 Å². The number of piperidine rings is 1. The van der Waals surface area contributed by atoms with Gasteiger partial charge in [0.2, 0.25) is 0 Å². The summed E-state index contributed by atoms with van der Waals surface area (Å²) in [7, 11) is 0. The number of benzene rings is 1. The number of para-hydroxylation sites is 1. The van der Waals surface area contributed by atoms with Crippen LogP contribution in [0.25, 0.3) is 0 Å². The van der Waals surface area contributed by atoms with Crippen molar-refractivity contribution in [3.05, 3.63) is 29.8 Å². The van der Waals surface area contributed by atoms with Crippen LogP contribution in [0.5, 0.6) is 0 Å². The lowest BCUT2D eigenvalue weighted by Gasteiger charge is -2.34. The van der Waals surface area contributed by atoms with Crippen LogP contribution in [0.4, 0.5) is 5.69 Å². The van der Waals surface area contributed by atoms with Crippen LogP contribution in [0.15, 0.2) is 24.3 Å². The molecule has 0 spiro atoms. The summed E-state index contributed by atoms with van der Waals surface area (Å²) in [5.74, 6) is -0.349. The van der Waals surface area contributed by atoms with Crippen LogP contribution in [-0.4, -0.2) is 49.1 Å². The number of anilines is 1. The van der Waals surface area contributed by atoms with Crippen LogP contribution < -0.4 is 16.4 Å². The molecule has 5 heteroatoms. The van der Waals surface area contributed by atoms with Crippen molar-refractivity contribution in [3.8, 4) is 0 Å². The second kappa shape index (κ2) is 6.03. The smallest absolute Gasteiger partial charge is 0.250 e. The molecule has 1 atom stereocenters. The lowest BCUT2D eigenvalue weighted by molar-refractivity contribution is 0.100. The molecule has 0 aliphatic carbocycles. The molecule has 2 saturated heterocycles. The summed E-state index contributed by atoms with van der Waals surface area (Å²) in [5.41, 5.74) is 13.1. The maximum absolute atomic E-state index is 11.6. The molecule has 2 aliphatic rings. The van der Waals surface area contributed by atoms with Crippen molar-refractivity contribution in [1.29, 1.82) is 0 Å². The molecule has 1 unspecified atom stereocenters. The van der Waals surface area contributed by atoms with Crippen LogP contribution in [-0.2, 0) is 0 Å². The first-order valence-electron chi connectivity index (χ1n) is 7.78. The van der Waals surface area contributed by atoms with Gasteiger partial charge in [-0.25, -0.2) is 0 Å². The number of nitrogens with zero attached hydrogens (tertiary/aromatic N) is 2. The zero-order valence-corrected chi connectivity index (χ0v) is 12.4. The van der Waals surface area contributed by atoms with E-state index in [1.807, 2.05) is 24.3 Å². The molecule has 2 fully saturated rings. The highest BCUT2D eigenvalue weighted by Crippen LogP contribution is 2.27. The average Bonchev–Trinajstić information content (AvgIpc) is 2.97. The summed E-state index contributed by atoms with van der Waals surface area (Å²) in [6.07, 6.45) is 3.32. The molecule has 0 radical (unpaired) electrons. The van der Waals surface area contributed by atoms with E-state index in [0.717, 1.165) is 51.1 Å². The Hall–Kier alpha value is -1.59. The molecule has 3 rings (SSSR count). The van der Waals surface area contributed by atoms with Crippen LogP contribution in [0.1, 0.15) is 29.6 Å². The summed E-state index contributed by atoms with van der Waals surface area (Å²) >= 11 is 0. The Morgan fingerprint density at radius 3 is 2.52 bits per heavy atom. The first kappa shape index (κ1) is 14.4. The third kappa shape index (κ3) is 3.04. The summed E-state index contributed by atoms with van der Waals surface area (Å²) in [6, 6.07) is 8.57. The number of hydrogen-bond acceptors (Lipinski definition) is 4. The molecular weight excluding hydrogens is 264 g/mol. The number of carbonyl (C=O) groups excluding carboxylic acids is 1. The van der Waals surface area contributed by atoms with Crippen molar-refractivity contribution in [2.75, 3.05) is 31.1 Å². The fraction of sp³-hybridized carbons (Fsp3) is 0.562. The Morgan fingerprint density at radius 2 is 1.81 bits per heavy atom. The fourth-order valence-electron chi connectivity index (χ4n) is 3.50. The van der Waals surface area contributed by atoms with Gasteiger partial charge in [0.1, 0.15) is 0 Å². The van der Waals surface area contributed by atoms with Crippen molar-refractivity contribution in [1.82, 2.24) is 4.90 Å². The maximum Gasteiger partial charge on any atom is 0.250 e. The van der Waals surface area contributed by atoms with Gasteiger partial charge in [-0.3, -0.25) is 9.69 Å². The molecule has 0 saturated carbocycles. The normalized spacial score (nSPS) is 24.4. The Balaban J connectivity index is 1.68. The summed E-state index contributed by atoms with van der Waals surface area (Å²) in [6.45, 7) is 4.14. The van der Waals surface area contributed by atoms with Gasteiger partial charge in [0, 0.05) is 30.9 Å². The average molecular weight is 288 g/mol. The van der Waals surface area contributed by atoms with Gasteiger partial charge in [-0.05, 0) is 44.5 Å². The highest BCUT2D eigenvalue weighted by Gasteiger charge is 2.30. The van der Waals surface area contributed by atoms with E-state index in [2.05, 4.69) is 9.80 Å². The van der Waals surface area contributed by atoms with E-state index in [4.69, 9.17) is 11.5 Å².